The molecule has 0 aliphatic heterocycles. The van der Waals surface area contributed by atoms with Gasteiger partial charge in [0.2, 0.25) is 0 Å². The third kappa shape index (κ3) is 19.4. The highest BCUT2D eigenvalue weighted by atomic mass is 16.1. The number of rotatable bonds is 29. The lowest BCUT2D eigenvalue weighted by Crippen LogP contribution is -2.34. The molecule has 1 nitrogen and oxygen atoms in total. The number of allylic oxidation sites excluding steroid dienone is 12. The number of hydrogen-bond donors (Lipinski definition) is 0. The number of carbonyl (C=O) groups excluding carboxylic acids is 1. The van der Waals surface area contributed by atoms with E-state index >= 15 is 0 Å². The molecule has 0 bridgehead atoms. The third-order valence-electron chi connectivity index (χ3n) is 13.7. The van der Waals surface area contributed by atoms with Gasteiger partial charge < -0.3 is 4.79 Å². The minimum absolute atomic E-state index is 0.114. The molecular formula is C53H88O. The van der Waals surface area contributed by atoms with E-state index in [-0.39, 0.29) is 5.41 Å². The van der Waals surface area contributed by atoms with Crippen LogP contribution in [-0.2, 0) is 4.79 Å². The number of hydrogen-bond acceptors (Lipinski definition) is 1. The second-order valence-electron chi connectivity index (χ2n) is 18.4. The predicted molar refractivity (Wildman–Crippen MR) is 244 cm³/mol. The van der Waals surface area contributed by atoms with Crippen LogP contribution in [0.5, 0.6) is 0 Å². The van der Waals surface area contributed by atoms with E-state index in [9.17, 15) is 4.79 Å². The number of ketones is 1. The molecule has 0 heterocycles. The van der Waals surface area contributed by atoms with Gasteiger partial charge in [0.05, 0.1) is 0 Å². The first kappa shape index (κ1) is 49.6. The quantitative estimate of drug-likeness (QED) is 0.0424. The maximum Gasteiger partial charge on any atom is 0.130 e. The third-order valence-corrected chi connectivity index (χ3v) is 13.7. The zero-order valence-corrected chi connectivity index (χ0v) is 37.5. The Labute approximate surface area is 337 Å². The van der Waals surface area contributed by atoms with Crippen LogP contribution >= 0.6 is 0 Å². The molecule has 1 saturated carbocycles. The van der Waals surface area contributed by atoms with E-state index in [2.05, 4.69) is 137 Å². The second kappa shape index (κ2) is 27.2. The van der Waals surface area contributed by atoms with E-state index < -0.39 is 0 Å². The maximum absolute atomic E-state index is 12.0. The summed E-state index contributed by atoms with van der Waals surface area (Å²) in [6.07, 6.45) is 38.5. The standard InChI is InChI=1S/C53H88O/c1-15-47(11)53(14,39-49(13)54)48(12)31-23-19-21-28-40(4)27-20-18-22-29-41(5)35-43(7)45(9)37-52(17-3)46(10)36-44(8)42(6)30-24-25-32-51-34-26-33-50(16-2)38-51/h16-18,20,22,27,29,36,41,43-44,47-48,50-52H,2-3,6,9,15,19,21,23-26,28,30-35,37-39H2,1,4-5,7-8,10-14H3/b20-18+,29-22?,40-27+,46-36+. The van der Waals surface area contributed by atoms with Crippen LogP contribution in [-0.4, -0.2) is 5.78 Å². The largest absolute Gasteiger partial charge is 0.300 e. The Kier molecular flexibility index (Phi) is 25.0. The van der Waals surface area contributed by atoms with Gasteiger partial charge in [-0.15, -0.1) is 13.2 Å². The van der Waals surface area contributed by atoms with E-state index in [4.69, 9.17) is 0 Å². The summed E-state index contributed by atoms with van der Waals surface area (Å²) in [6.45, 7) is 39.8. The first-order chi connectivity index (χ1) is 25.6. The molecule has 1 heteroatoms. The second-order valence-corrected chi connectivity index (χ2v) is 18.4. The Morgan fingerprint density at radius 1 is 0.852 bits per heavy atom. The first-order valence-corrected chi connectivity index (χ1v) is 22.4. The van der Waals surface area contributed by atoms with Gasteiger partial charge >= 0.3 is 0 Å². The van der Waals surface area contributed by atoms with Crippen molar-refractivity contribution in [2.24, 2.45) is 52.8 Å². The van der Waals surface area contributed by atoms with Crippen molar-refractivity contribution in [2.45, 2.75) is 178 Å². The van der Waals surface area contributed by atoms with Crippen molar-refractivity contribution in [1.82, 2.24) is 0 Å². The molecule has 0 aromatic carbocycles. The van der Waals surface area contributed by atoms with Gasteiger partial charge in [-0.2, -0.15) is 0 Å². The van der Waals surface area contributed by atoms with Gasteiger partial charge in [-0.1, -0.05) is 184 Å². The molecular weight excluding hydrogens is 653 g/mol. The molecule has 0 radical (unpaired) electrons. The predicted octanol–water partition coefficient (Wildman–Crippen LogP) is 16.8. The van der Waals surface area contributed by atoms with E-state index in [0.29, 0.717) is 47.7 Å². The van der Waals surface area contributed by atoms with E-state index in [0.717, 1.165) is 43.9 Å². The summed E-state index contributed by atoms with van der Waals surface area (Å²) < 4.78 is 0. The average molecular weight is 741 g/mol. The molecule has 9 atom stereocenters. The highest BCUT2D eigenvalue weighted by Crippen LogP contribution is 2.43. The van der Waals surface area contributed by atoms with Crippen LogP contribution in [0.4, 0.5) is 0 Å². The summed E-state index contributed by atoms with van der Waals surface area (Å²) in [4.78, 5) is 12.0. The summed E-state index contributed by atoms with van der Waals surface area (Å²) in [7, 11) is 0. The molecule has 1 aliphatic carbocycles. The van der Waals surface area contributed by atoms with Crippen molar-refractivity contribution < 1.29 is 4.79 Å². The van der Waals surface area contributed by atoms with Crippen LogP contribution in [0.2, 0.25) is 0 Å². The molecule has 1 aliphatic rings. The van der Waals surface area contributed by atoms with Crippen LogP contribution in [0.1, 0.15) is 178 Å². The van der Waals surface area contributed by atoms with Crippen LogP contribution < -0.4 is 0 Å². The minimum Gasteiger partial charge on any atom is -0.300 e. The molecule has 0 amide bonds. The fourth-order valence-electron chi connectivity index (χ4n) is 8.99. The summed E-state index contributed by atoms with van der Waals surface area (Å²) >= 11 is 0. The molecule has 54 heavy (non-hydrogen) atoms. The van der Waals surface area contributed by atoms with E-state index in [1.165, 1.54) is 92.9 Å². The minimum atomic E-state index is 0.114. The van der Waals surface area contributed by atoms with Crippen LogP contribution in [0.25, 0.3) is 0 Å². The monoisotopic (exact) mass is 741 g/mol. The van der Waals surface area contributed by atoms with Gasteiger partial charge in [-0.3, -0.25) is 0 Å². The molecule has 1 fully saturated rings. The lowest BCUT2D eigenvalue weighted by atomic mass is 9.64. The van der Waals surface area contributed by atoms with Crippen molar-refractivity contribution >= 4 is 5.78 Å². The highest BCUT2D eigenvalue weighted by molar-refractivity contribution is 5.76. The maximum atomic E-state index is 12.0. The highest BCUT2D eigenvalue weighted by Gasteiger charge is 2.36. The lowest BCUT2D eigenvalue weighted by Gasteiger charge is -2.40. The molecule has 0 aromatic heterocycles. The Hall–Kier alpha value is -2.41. The van der Waals surface area contributed by atoms with Gasteiger partial charge in [-0.25, -0.2) is 0 Å². The number of unbranched alkanes of at least 4 members (excludes halogenated alkanes) is 3. The Balaban J connectivity index is 2.43. The topological polar surface area (TPSA) is 17.1 Å². The smallest absolute Gasteiger partial charge is 0.130 e. The van der Waals surface area contributed by atoms with Crippen molar-refractivity contribution in [3.63, 3.8) is 0 Å². The van der Waals surface area contributed by atoms with Crippen molar-refractivity contribution in [3.05, 3.63) is 97.2 Å². The summed E-state index contributed by atoms with van der Waals surface area (Å²) in [5, 5.41) is 0. The van der Waals surface area contributed by atoms with Gasteiger partial charge in [0, 0.05) is 12.3 Å². The van der Waals surface area contributed by atoms with Gasteiger partial charge in [-0.05, 0) is 119 Å². The SMILES string of the molecule is C=CC1CCCC(CCCCC(=C)C(C)/C=C(\C)C(C=C)CC(=C)C(C)CC(C)C=C/C=C/C=C(\C)CCCCCC(C)C(C)(CC(C)=O)C(C)CC)C1. The Morgan fingerprint density at radius 2 is 1.56 bits per heavy atom. The summed E-state index contributed by atoms with van der Waals surface area (Å²) in [5.74, 6) is 4.80. The molecule has 1 rings (SSSR count). The van der Waals surface area contributed by atoms with Crippen LogP contribution in [0, 0.1) is 52.8 Å². The van der Waals surface area contributed by atoms with E-state index in [1.807, 2.05) is 0 Å². The summed E-state index contributed by atoms with van der Waals surface area (Å²) in [6, 6.07) is 0. The fraction of sp³-hybridized carbons (Fsp3) is 0.679. The molecule has 9 unspecified atom stereocenters. The Morgan fingerprint density at radius 3 is 2.20 bits per heavy atom. The number of carbonyl (C=O) groups is 1. The summed E-state index contributed by atoms with van der Waals surface area (Å²) in [5.41, 5.74) is 5.64. The van der Waals surface area contributed by atoms with Gasteiger partial charge in [0.15, 0.2) is 0 Å². The molecule has 306 valence electrons. The normalized spacial score (nSPS) is 21.6. The van der Waals surface area contributed by atoms with Crippen LogP contribution in [0.3, 0.4) is 0 Å². The van der Waals surface area contributed by atoms with Gasteiger partial charge in [0.25, 0.3) is 0 Å². The Bertz CT molecular complexity index is 1250. The molecule has 0 spiro atoms. The fourth-order valence-corrected chi connectivity index (χ4v) is 8.99. The number of Topliss-reactive ketones (excluding diaryl/α,β-unsaturated/α-hetero) is 1. The average Bonchev–Trinajstić information content (AvgIpc) is 3.13. The van der Waals surface area contributed by atoms with Crippen molar-refractivity contribution in [1.29, 1.82) is 0 Å². The van der Waals surface area contributed by atoms with Gasteiger partial charge in [0.1, 0.15) is 5.78 Å². The zero-order chi connectivity index (χ0) is 40.7. The molecule has 0 aromatic rings. The van der Waals surface area contributed by atoms with E-state index in [1.54, 1.807) is 6.92 Å². The molecule has 0 N–H and O–H groups in total. The van der Waals surface area contributed by atoms with Crippen molar-refractivity contribution in [2.75, 3.05) is 0 Å². The zero-order valence-electron chi connectivity index (χ0n) is 37.5. The van der Waals surface area contributed by atoms with Crippen LogP contribution in [0.15, 0.2) is 97.2 Å². The lowest BCUT2D eigenvalue weighted by molar-refractivity contribution is -0.121. The first-order valence-electron chi connectivity index (χ1n) is 22.4. The molecule has 0 saturated heterocycles. The van der Waals surface area contributed by atoms with Crippen molar-refractivity contribution in [3.8, 4) is 0 Å².